The first kappa shape index (κ1) is 19.3. The third-order valence-electron chi connectivity index (χ3n) is 5.30. The lowest BCUT2D eigenvalue weighted by atomic mass is 9.83. The predicted octanol–water partition coefficient (Wildman–Crippen LogP) is -0.983. The van der Waals surface area contributed by atoms with Crippen LogP contribution in [0, 0.1) is 18.8 Å². The van der Waals surface area contributed by atoms with Crippen molar-refractivity contribution in [1.29, 1.82) is 0 Å². The van der Waals surface area contributed by atoms with E-state index in [1.807, 2.05) is 0 Å². The van der Waals surface area contributed by atoms with Crippen LogP contribution in [0.4, 0.5) is 0 Å². The molecule has 1 aromatic rings. The van der Waals surface area contributed by atoms with Gasteiger partial charge in [0.15, 0.2) is 0 Å². The molecule has 0 aromatic carbocycles. The van der Waals surface area contributed by atoms with Gasteiger partial charge in [-0.05, 0) is 44.9 Å². The molecule has 4 N–H and O–H groups in total. The quantitative estimate of drug-likeness (QED) is 0.505. The number of nitrogens with zero attached hydrogens (tertiary/aromatic N) is 1. The van der Waals surface area contributed by atoms with E-state index in [-0.39, 0.29) is 18.4 Å². The summed E-state index contributed by atoms with van der Waals surface area (Å²) in [5.74, 6) is -0.0870. The van der Waals surface area contributed by atoms with Crippen molar-refractivity contribution in [3.8, 4) is 0 Å². The van der Waals surface area contributed by atoms with E-state index in [4.69, 9.17) is 0 Å². The van der Waals surface area contributed by atoms with E-state index >= 15 is 0 Å². The van der Waals surface area contributed by atoms with E-state index in [1.54, 1.807) is 6.92 Å². The molecule has 0 aliphatic heterocycles. The summed E-state index contributed by atoms with van der Waals surface area (Å²) in [6.45, 7) is 2.01. The number of aryl methyl sites for hydroxylation is 1. The first-order valence-electron chi connectivity index (χ1n) is 9.39. The molecule has 1 aromatic heterocycles. The van der Waals surface area contributed by atoms with Gasteiger partial charge in [-0.3, -0.25) is 23.9 Å². The molecule has 0 spiro atoms. The lowest BCUT2D eigenvalue weighted by molar-refractivity contribution is -0.128. The summed E-state index contributed by atoms with van der Waals surface area (Å²) in [6.07, 6.45) is 4.24. The zero-order chi connectivity index (χ0) is 19.6. The van der Waals surface area contributed by atoms with E-state index in [0.717, 1.165) is 4.57 Å². The highest BCUT2D eigenvalue weighted by atomic mass is 16.3. The maximum atomic E-state index is 12.2. The number of aromatic nitrogens is 2. The van der Waals surface area contributed by atoms with Gasteiger partial charge in [-0.2, -0.15) is 0 Å². The van der Waals surface area contributed by atoms with Gasteiger partial charge in [0, 0.05) is 24.2 Å². The molecule has 0 radical (unpaired) electrons. The molecule has 1 heterocycles. The zero-order valence-electron chi connectivity index (χ0n) is 15.4. The fourth-order valence-corrected chi connectivity index (χ4v) is 3.41. The van der Waals surface area contributed by atoms with Gasteiger partial charge in [0.05, 0.1) is 12.1 Å². The standard InChI is InChI=1S/C18H26N4O5/c1-10-8-22(18(27)21-16(10)25)9-15(24)20-13-5-4-12(6-14(13)23)17(26)19-7-11-2-3-11/h8,11-14,23H,2-7,9H2,1H3,(H,19,26)(H,20,24)(H,21,25,27)/t12-,13-,14-/m0/s1. The fraction of sp³-hybridized carbons (Fsp3) is 0.667. The van der Waals surface area contributed by atoms with Crippen molar-refractivity contribution in [1.82, 2.24) is 20.2 Å². The predicted molar refractivity (Wildman–Crippen MR) is 97.1 cm³/mol. The van der Waals surface area contributed by atoms with Gasteiger partial charge in [-0.1, -0.05) is 0 Å². The number of aliphatic hydroxyl groups excluding tert-OH is 1. The van der Waals surface area contributed by atoms with Crippen molar-refractivity contribution in [2.75, 3.05) is 6.54 Å². The van der Waals surface area contributed by atoms with E-state index in [0.29, 0.717) is 37.3 Å². The van der Waals surface area contributed by atoms with Gasteiger partial charge in [-0.25, -0.2) is 4.79 Å². The molecule has 2 amide bonds. The summed E-state index contributed by atoms with van der Waals surface area (Å²) in [5.41, 5.74) is -0.803. The second-order valence-electron chi connectivity index (χ2n) is 7.64. The molecule has 0 bridgehead atoms. The first-order chi connectivity index (χ1) is 12.8. The largest absolute Gasteiger partial charge is 0.391 e. The van der Waals surface area contributed by atoms with Gasteiger partial charge in [0.2, 0.25) is 11.8 Å². The molecule has 148 valence electrons. The highest BCUT2D eigenvalue weighted by Gasteiger charge is 2.34. The van der Waals surface area contributed by atoms with E-state index in [9.17, 15) is 24.3 Å². The molecule has 3 rings (SSSR count). The maximum absolute atomic E-state index is 12.2. The van der Waals surface area contributed by atoms with Crippen LogP contribution in [0.3, 0.4) is 0 Å². The highest BCUT2D eigenvalue weighted by molar-refractivity contribution is 5.79. The molecule has 0 saturated heterocycles. The molecule has 3 atom stereocenters. The van der Waals surface area contributed by atoms with Crippen molar-refractivity contribution < 1.29 is 14.7 Å². The maximum Gasteiger partial charge on any atom is 0.328 e. The Hall–Kier alpha value is -2.42. The molecule has 2 fully saturated rings. The lowest BCUT2D eigenvalue weighted by Gasteiger charge is -2.33. The number of carbonyl (C=O) groups is 2. The number of nitrogens with one attached hydrogen (secondary N) is 3. The van der Waals surface area contributed by atoms with Crippen LogP contribution in [0.5, 0.6) is 0 Å². The molecular weight excluding hydrogens is 352 g/mol. The smallest absolute Gasteiger partial charge is 0.328 e. The van der Waals surface area contributed by atoms with Crippen LogP contribution in [0.15, 0.2) is 15.8 Å². The number of hydrogen-bond acceptors (Lipinski definition) is 5. The molecule has 0 unspecified atom stereocenters. The van der Waals surface area contributed by atoms with Crippen molar-refractivity contribution >= 4 is 11.8 Å². The molecule has 2 aliphatic rings. The minimum Gasteiger partial charge on any atom is -0.391 e. The second kappa shape index (κ2) is 8.08. The van der Waals surface area contributed by atoms with Crippen molar-refractivity contribution in [3.63, 3.8) is 0 Å². The van der Waals surface area contributed by atoms with Crippen LogP contribution in [0.25, 0.3) is 0 Å². The van der Waals surface area contributed by atoms with Crippen molar-refractivity contribution in [2.24, 2.45) is 11.8 Å². The van der Waals surface area contributed by atoms with Crippen LogP contribution in [0.1, 0.15) is 37.7 Å². The summed E-state index contributed by atoms with van der Waals surface area (Å²) in [7, 11) is 0. The molecule has 9 nitrogen and oxygen atoms in total. The minimum absolute atomic E-state index is 0.0269. The van der Waals surface area contributed by atoms with Crippen molar-refractivity contribution in [3.05, 3.63) is 32.6 Å². The molecular formula is C18H26N4O5. The average molecular weight is 378 g/mol. The van der Waals surface area contributed by atoms with Gasteiger partial charge in [0.1, 0.15) is 6.54 Å². The number of aliphatic hydroxyl groups is 1. The highest BCUT2D eigenvalue weighted by Crippen LogP contribution is 2.29. The molecule has 2 aliphatic carbocycles. The topological polar surface area (TPSA) is 133 Å². The molecule has 2 saturated carbocycles. The van der Waals surface area contributed by atoms with E-state index in [1.165, 1.54) is 19.0 Å². The monoisotopic (exact) mass is 378 g/mol. The summed E-state index contributed by atoms with van der Waals surface area (Å²) in [4.78, 5) is 49.7. The Morgan fingerprint density at radius 2 is 2.00 bits per heavy atom. The summed E-state index contributed by atoms with van der Waals surface area (Å²) in [6, 6.07) is -0.454. The van der Waals surface area contributed by atoms with E-state index < -0.39 is 29.3 Å². The number of amides is 2. The number of hydrogen-bond donors (Lipinski definition) is 4. The van der Waals surface area contributed by atoms with Crippen LogP contribution in [-0.2, 0) is 16.1 Å². The Labute approximate surface area is 156 Å². The average Bonchev–Trinajstić information content (AvgIpc) is 3.43. The van der Waals surface area contributed by atoms with Gasteiger partial charge in [-0.15, -0.1) is 0 Å². The minimum atomic E-state index is -0.812. The van der Waals surface area contributed by atoms with Crippen LogP contribution in [0.2, 0.25) is 0 Å². The van der Waals surface area contributed by atoms with Gasteiger partial charge >= 0.3 is 5.69 Å². The van der Waals surface area contributed by atoms with E-state index in [2.05, 4.69) is 15.6 Å². The molecule has 9 heteroatoms. The second-order valence-corrected chi connectivity index (χ2v) is 7.64. The zero-order valence-corrected chi connectivity index (χ0v) is 15.4. The fourth-order valence-electron chi connectivity index (χ4n) is 3.41. The van der Waals surface area contributed by atoms with Crippen molar-refractivity contribution in [2.45, 2.75) is 57.7 Å². The number of H-pyrrole nitrogens is 1. The normalized spacial score (nSPS) is 25.0. The Kier molecular flexibility index (Phi) is 5.79. The number of rotatable bonds is 6. The number of carbonyl (C=O) groups excluding carboxylic acids is 2. The third-order valence-corrected chi connectivity index (χ3v) is 5.30. The van der Waals surface area contributed by atoms with Gasteiger partial charge < -0.3 is 15.7 Å². The lowest BCUT2D eigenvalue weighted by Crippen LogP contribution is -2.50. The van der Waals surface area contributed by atoms with Crippen LogP contribution >= 0.6 is 0 Å². The van der Waals surface area contributed by atoms with Crippen LogP contribution < -0.4 is 21.9 Å². The number of aromatic amines is 1. The first-order valence-corrected chi connectivity index (χ1v) is 9.39. The van der Waals surface area contributed by atoms with Crippen LogP contribution in [-0.4, -0.2) is 45.2 Å². The Bertz CT molecular complexity index is 826. The summed E-state index contributed by atoms with van der Waals surface area (Å²) >= 11 is 0. The SMILES string of the molecule is Cc1cn(CC(=O)N[C@H]2CC[C@H](C(=O)NCC3CC3)C[C@@H]2O)c(=O)[nH]c1=O. The summed E-state index contributed by atoms with van der Waals surface area (Å²) in [5, 5.41) is 16.0. The summed E-state index contributed by atoms with van der Waals surface area (Å²) < 4.78 is 1.12. The Morgan fingerprint density at radius 1 is 1.26 bits per heavy atom. The Morgan fingerprint density at radius 3 is 2.67 bits per heavy atom. The van der Waals surface area contributed by atoms with Gasteiger partial charge in [0.25, 0.3) is 5.56 Å². The Balaban J connectivity index is 1.50. The third kappa shape index (κ3) is 5.06. The molecule has 27 heavy (non-hydrogen) atoms.